The normalized spacial score (nSPS) is 15.8. The van der Waals surface area contributed by atoms with E-state index in [2.05, 4.69) is 27.2 Å². The van der Waals surface area contributed by atoms with E-state index in [4.69, 9.17) is 4.74 Å². The highest BCUT2D eigenvalue weighted by Gasteiger charge is 2.25. The van der Waals surface area contributed by atoms with E-state index >= 15 is 0 Å². The summed E-state index contributed by atoms with van der Waals surface area (Å²) in [5.41, 5.74) is 2.03. The first-order chi connectivity index (χ1) is 15.6. The first-order valence-electron chi connectivity index (χ1n) is 10.5. The molecule has 2 N–H and O–H groups in total. The monoisotopic (exact) mass is 431 g/mol. The number of hydrogen-bond donors (Lipinski definition) is 2. The summed E-state index contributed by atoms with van der Waals surface area (Å²) in [5.74, 6) is 0.984. The van der Waals surface area contributed by atoms with E-state index < -0.39 is 0 Å². The van der Waals surface area contributed by atoms with Crippen LogP contribution in [0.1, 0.15) is 23.2 Å². The van der Waals surface area contributed by atoms with Gasteiger partial charge >= 0.3 is 0 Å². The molecule has 0 unspecified atom stereocenters. The van der Waals surface area contributed by atoms with Crippen LogP contribution in [0.2, 0.25) is 0 Å². The number of hydrogen-bond acceptors (Lipinski definition) is 6. The molecule has 3 aromatic rings. The molecule has 2 heterocycles. The molecule has 1 fully saturated rings. The van der Waals surface area contributed by atoms with Crippen LogP contribution < -0.4 is 15.4 Å². The first-order valence-corrected chi connectivity index (χ1v) is 10.5. The fraction of sp³-hybridized carbons (Fsp3) is 0.250. The van der Waals surface area contributed by atoms with Gasteiger partial charge in [0, 0.05) is 42.0 Å². The summed E-state index contributed by atoms with van der Waals surface area (Å²) in [5, 5.41) is 6.95. The molecule has 1 aliphatic heterocycles. The number of amides is 2. The number of rotatable bonds is 6. The molecule has 4 rings (SSSR count). The van der Waals surface area contributed by atoms with E-state index in [0.717, 1.165) is 29.5 Å². The van der Waals surface area contributed by atoms with Crippen LogP contribution in [-0.4, -0.2) is 52.9 Å². The van der Waals surface area contributed by atoms with Gasteiger partial charge in [0.25, 0.3) is 5.91 Å². The minimum Gasteiger partial charge on any atom is -0.497 e. The molecular weight excluding hydrogens is 406 g/mol. The summed E-state index contributed by atoms with van der Waals surface area (Å²) >= 11 is 0. The predicted molar refractivity (Wildman–Crippen MR) is 124 cm³/mol. The topological polar surface area (TPSA) is 96.5 Å². The third-order valence-electron chi connectivity index (χ3n) is 5.41. The first kappa shape index (κ1) is 21.3. The predicted octanol–water partition coefficient (Wildman–Crippen LogP) is 3.48. The van der Waals surface area contributed by atoms with E-state index in [-0.39, 0.29) is 17.9 Å². The minimum atomic E-state index is -0.288. The number of methoxy groups -OCH3 is 1. The zero-order valence-electron chi connectivity index (χ0n) is 17.9. The van der Waals surface area contributed by atoms with Gasteiger partial charge in [-0.15, -0.1) is 0 Å². The molecule has 164 valence electrons. The Hall–Kier alpha value is -3.94. The lowest BCUT2D eigenvalue weighted by atomic mass is 10.0. The molecular formula is C24H25N5O3. The highest BCUT2D eigenvalue weighted by atomic mass is 16.5. The van der Waals surface area contributed by atoms with Crippen molar-refractivity contribution in [3.8, 4) is 5.75 Å². The smallest absolute Gasteiger partial charge is 0.253 e. The Labute approximate surface area is 186 Å². The van der Waals surface area contributed by atoms with Gasteiger partial charge in [0.05, 0.1) is 12.6 Å². The Morgan fingerprint density at radius 2 is 2.03 bits per heavy atom. The summed E-state index contributed by atoms with van der Waals surface area (Å²) in [7, 11) is 1.63. The maximum absolute atomic E-state index is 13.0. The minimum absolute atomic E-state index is 0.0374. The molecule has 1 aliphatic rings. The Morgan fingerprint density at radius 1 is 1.22 bits per heavy atom. The summed E-state index contributed by atoms with van der Waals surface area (Å²) in [6, 6.07) is 12.6. The van der Waals surface area contributed by atoms with Crippen LogP contribution in [0.25, 0.3) is 10.9 Å². The zero-order valence-corrected chi connectivity index (χ0v) is 17.9. The molecule has 8 nitrogen and oxygen atoms in total. The number of benzene rings is 2. The molecule has 0 bridgehead atoms. The number of carbonyl (C=O) groups is 2. The van der Waals surface area contributed by atoms with Gasteiger partial charge in [-0.2, -0.15) is 0 Å². The summed E-state index contributed by atoms with van der Waals surface area (Å²) < 4.78 is 5.24. The number of anilines is 2. The number of likely N-dealkylation sites (tertiary alicyclic amines) is 1. The molecule has 1 aromatic heterocycles. The van der Waals surface area contributed by atoms with Crippen molar-refractivity contribution in [1.29, 1.82) is 0 Å². The van der Waals surface area contributed by atoms with Crippen molar-refractivity contribution in [3.05, 3.63) is 66.9 Å². The third kappa shape index (κ3) is 4.85. The molecule has 1 saturated heterocycles. The fourth-order valence-corrected chi connectivity index (χ4v) is 3.74. The molecule has 32 heavy (non-hydrogen) atoms. The number of fused-ring (bicyclic) bond motifs is 1. The average molecular weight is 431 g/mol. The van der Waals surface area contributed by atoms with Crippen molar-refractivity contribution in [2.75, 3.05) is 30.8 Å². The third-order valence-corrected chi connectivity index (χ3v) is 5.41. The molecule has 2 amide bonds. The van der Waals surface area contributed by atoms with Crippen molar-refractivity contribution in [1.82, 2.24) is 14.9 Å². The lowest BCUT2D eigenvalue weighted by molar-refractivity contribution is -0.111. The lowest BCUT2D eigenvalue weighted by Crippen LogP contribution is -2.45. The van der Waals surface area contributed by atoms with Gasteiger partial charge in [-0.05, 0) is 61.4 Å². The maximum atomic E-state index is 13.0. The van der Waals surface area contributed by atoms with E-state index in [9.17, 15) is 9.59 Å². The van der Waals surface area contributed by atoms with Crippen LogP contribution in [0, 0.1) is 0 Å². The molecule has 0 radical (unpaired) electrons. The van der Waals surface area contributed by atoms with Crippen molar-refractivity contribution in [2.45, 2.75) is 18.9 Å². The highest BCUT2D eigenvalue weighted by molar-refractivity contribution is 5.99. The van der Waals surface area contributed by atoms with Crippen molar-refractivity contribution in [2.24, 2.45) is 0 Å². The van der Waals surface area contributed by atoms with Crippen LogP contribution in [0.3, 0.4) is 0 Å². The second-order valence-electron chi connectivity index (χ2n) is 7.62. The Kier molecular flexibility index (Phi) is 6.30. The summed E-state index contributed by atoms with van der Waals surface area (Å²) in [6.07, 6.45) is 4.80. The molecule has 1 atom stereocenters. The Morgan fingerprint density at radius 3 is 2.78 bits per heavy atom. The highest BCUT2D eigenvalue weighted by Crippen LogP contribution is 2.21. The van der Waals surface area contributed by atoms with E-state index in [1.807, 2.05) is 23.1 Å². The maximum Gasteiger partial charge on any atom is 0.253 e. The number of piperidine rings is 1. The summed E-state index contributed by atoms with van der Waals surface area (Å²) in [4.78, 5) is 35.2. The van der Waals surface area contributed by atoms with Gasteiger partial charge in [-0.3, -0.25) is 9.59 Å². The van der Waals surface area contributed by atoms with Crippen LogP contribution in [0.5, 0.6) is 5.75 Å². The van der Waals surface area contributed by atoms with E-state index in [1.54, 1.807) is 37.6 Å². The van der Waals surface area contributed by atoms with Crippen LogP contribution in [-0.2, 0) is 4.79 Å². The number of nitrogens with one attached hydrogen (secondary N) is 2. The average Bonchev–Trinajstić information content (AvgIpc) is 2.83. The molecule has 0 saturated carbocycles. The molecule has 0 spiro atoms. The fourth-order valence-electron chi connectivity index (χ4n) is 3.74. The van der Waals surface area contributed by atoms with Gasteiger partial charge in [0.2, 0.25) is 11.9 Å². The zero-order chi connectivity index (χ0) is 22.5. The number of nitrogens with zero attached hydrogens (tertiary/aromatic N) is 3. The molecule has 0 aliphatic carbocycles. The largest absolute Gasteiger partial charge is 0.497 e. The second-order valence-corrected chi connectivity index (χ2v) is 7.62. The second kappa shape index (κ2) is 9.47. The standard InChI is InChI=1S/C24H25N5O3/c1-3-22(30)26-18-8-6-16(7-9-18)23(31)29-12-4-5-19(15-29)27-24-25-14-17-13-20(32-2)10-11-21(17)28-24/h3,6-11,13-14,19H,1,4-5,12,15H2,2H3,(H,26,30)(H,25,27,28)/t19-/m1/s1. The van der Waals surface area contributed by atoms with Crippen molar-refractivity contribution >= 4 is 34.4 Å². The van der Waals surface area contributed by atoms with Gasteiger partial charge in [0.15, 0.2) is 0 Å². The van der Waals surface area contributed by atoms with E-state index in [0.29, 0.717) is 30.3 Å². The van der Waals surface area contributed by atoms with Gasteiger partial charge in [-0.1, -0.05) is 6.58 Å². The Balaban J connectivity index is 1.40. The number of carbonyl (C=O) groups excluding carboxylic acids is 2. The van der Waals surface area contributed by atoms with Crippen LogP contribution in [0.4, 0.5) is 11.6 Å². The van der Waals surface area contributed by atoms with Crippen molar-refractivity contribution in [3.63, 3.8) is 0 Å². The van der Waals surface area contributed by atoms with Gasteiger partial charge in [-0.25, -0.2) is 9.97 Å². The quantitative estimate of drug-likeness (QED) is 0.580. The van der Waals surface area contributed by atoms with E-state index in [1.165, 1.54) is 6.08 Å². The van der Waals surface area contributed by atoms with Crippen LogP contribution in [0.15, 0.2) is 61.3 Å². The van der Waals surface area contributed by atoms with Gasteiger partial charge in [0.1, 0.15) is 5.75 Å². The Bertz CT molecular complexity index is 1150. The van der Waals surface area contributed by atoms with Gasteiger partial charge < -0.3 is 20.3 Å². The SMILES string of the molecule is C=CC(=O)Nc1ccc(C(=O)N2CCC[C@@H](Nc3ncc4cc(OC)ccc4n3)C2)cc1. The number of aromatic nitrogens is 2. The summed E-state index contributed by atoms with van der Waals surface area (Å²) in [6.45, 7) is 4.70. The molecule has 2 aromatic carbocycles. The lowest BCUT2D eigenvalue weighted by Gasteiger charge is -2.33. The molecule has 8 heteroatoms. The van der Waals surface area contributed by atoms with Crippen molar-refractivity contribution < 1.29 is 14.3 Å². The number of ether oxygens (including phenoxy) is 1. The van der Waals surface area contributed by atoms with Crippen LogP contribution >= 0.6 is 0 Å².